The van der Waals surface area contributed by atoms with E-state index in [1.54, 1.807) is 11.0 Å². The number of hydrogen-bond donors (Lipinski definition) is 5. The highest BCUT2D eigenvalue weighted by Crippen LogP contribution is 2.34. The second kappa shape index (κ2) is 14.8. The van der Waals surface area contributed by atoms with E-state index in [-0.39, 0.29) is 42.8 Å². The molecule has 0 bridgehead atoms. The van der Waals surface area contributed by atoms with E-state index in [4.69, 9.17) is 21.4 Å². The first kappa shape index (κ1) is 31.1. The number of benzene rings is 1. The van der Waals surface area contributed by atoms with Gasteiger partial charge in [0.1, 0.15) is 0 Å². The van der Waals surface area contributed by atoms with E-state index in [1.165, 1.54) is 0 Å². The highest BCUT2D eigenvalue weighted by Gasteiger charge is 2.33. The molecule has 3 amide bonds. The highest BCUT2D eigenvalue weighted by atomic mass is 35.5. The first-order valence-electron chi connectivity index (χ1n) is 13.2. The molecule has 1 heterocycles. The molecular formula is C27H45ClN4O5. The Hall–Kier alpha value is -2.07. The van der Waals surface area contributed by atoms with E-state index < -0.39 is 12.2 Å². The van der Waals surface area contributed by atoms with Crippen LogP contribution in [0.3, 0.4) is 0 Å². The van der Waals surface area contributed by atoms with Gasteiger partial charge in [0.2, 0.25) is 0 Å². The Morgan fingerprint density at radius 1 is 1.27 bits per heavy atom. The molecule has 2 rings (SSSR count). The number of carboxylic acid groups (broad SMARTS) is 1. The van der Waals surface area contributed by atoms with Crippen molar-refractivity contribution < 1.29 is 24.5 Å². The molecule has 1 fully saturated rings. The molecule has 10 heteroatoms. The lowest BCUT2D eigenvalue weighted by molar-refractivity contribution is -0.00889. The summed E-state index contributed by atoms with van der Waals surface area (Å²) in [6, 6.07) is 6.89. The van der Waals surface area contributed by atoms with Gasteiger partial charge in [-0.2, -0.15) is 0 Å². The Kier molecular flexibility index (Phi) is 12.4. The largest absolute Gasteiger partial charge is 0.465 e. The molecule has 210 valence electrons. The molecule has 1 aromatic carbocycles. The van der Waals surface area contributed by atoms with Crippen molar-refractivity contribution in [2.45, 2.75) is 77.7 Å². The van der Waals surface area contributed by atoms with Crippen LogP contribution in [0, 0.1) is 11.8 Å². The number of nitrogens with zero attached hydrogens (tertiary/aromatic N) is 1. The average Bonchev–Trinajstić information content (AvgIpc) is 2.81. The molecule has 0 aromatic heterocycles. The van der Waals surface area contributed by atoms with Crippen LogP contribution >= 0.6 is 11.6 Å². The van der Waals surface area contributed by atoms with Crippen LogP contribution in [-0.2, 0) is 4.74 Å². The monoisotopic (exact) mass is 540 g/mol. The van der Waals surface area contributed by atoms with Crippen molar-refractivity contribution in [2.75, 3.05) is 32.8 Å². The Morgan fingerprint density at radius 3 is 2.62 bits per heavy atom. The lowest BCUT2D eigenvalue weighted by atomic mass is 9.88. The van der Waals surface area contributed by atoms with Gasteiger partial charge >= 0.3 is 12.1 Å². The zero-order valence-electron chi connectivity index (χ0n) is 22.8. The Morgan fingerprint density at radius 2 is 2.00 bits per heavy atom. The molecule has 1 aromatic rings. The summed E-state index contributed by atoms with van der Waals surface area (Å²) in [5, 5.41) is 29.0. The van der Waals surface area contributed by atoms with Crippen molar-refractivity contribution in [1.82, 2.24) is 20.9 Å². The number of rotatable bonds is 12. The van der Waals surface area contributed by atoms with Gasteiger partial charge in [0.25, 0.3) is 0 Å². The molecule has 1 aliphatic rings. The summed E-state index contributed by atoms with van der Waals surface area (Å²) < 4.78 is 6.15. The molecule has 37 heavy (non-hydrogen) atoms. The summed E-state index contributed by atoms with van der Waals surface area (Å²) in [5.74, 6) is 0.322. The smallest absolute Gasteiger partial charge is 0.404 e. The minimum atomic E-state index is -1.10. The maximum atomic E-state index is 13.3. The number of ether oxygens (including phenoxy) is 1. The Labute approximate surface area is 226 Å². The van der Waals surface area contributed by atoms with E-state index in [0.717, 1.165) is 18.4 Å². The summed E-state index contributed by atoms with van der Waals surface area (Å²) in [4.78, 5) is 25.9. The molecule has 9 nitrogen and oxygen atoms in total. The predicted molar refractivity (Wildman–Crippen MR) is 146 cm³/mol. The van der Waals surface area contributed by atoms with Crippen molar-refractivity contribution in [1.29, 1.82) is 0 Å². The second-order valence-corrected chi connectivity index (χ2v) is 11.7. The third kappa shape index (κ3) is 11.5. The number of carbonyl (C=O) groups is 2. The van der Waals surface area contributed by atoms with Crippen LogP contribution in [0.4, 0.5) is 9.59 Å². The van der Waals surface area contributed by atoms with Crippen LogP contribution in [0.15, 0.2) is 24.3 Å². The molecule has 0 saturated carbocycles. The number of halogens is 1. The zero-order valence-corrected chi connectivity index (χ0v) is 23.6. The van der Waals surface area contributed by atoms with Crippen molar-refractivity contribution in [3.05, 3.63) is 34.9 Å². The quantitative estimate of drug-likeness (QED) is 0.253. The fourth-order valence-electron chi connectivity index (χ4n) is 4.60. The predicted octanol–water partition coefficient (Wildman–Crippen LogP) is 4.25. The van der Waals surface area contributed by atoms with Gasteiger partial charge in [0, 0.05) is 42.7 Å². The maximum Gasteiger partial charge on any atom is 0.404 e. The molecule has 5 N–H and O–H groups in total. The van der Waals surface area contributed by atoms with Crippen LogP contribution in [0.25, 0.3) is 0 Å². The number of nitrogens with one attached hydrogen (secondary N) is 3. The number of carbonyl (C=O) groups excluding carboxylic acids is 1. The Bertz CT molecular complexity index is 863. The number of hydrogen-bond acceptors (Lipinski definition) is 5. The van der Waals surface area contributed by atoms with E-state index in [1.807, 2.05) is 39.0 Å². The molecule has 4 atom stereocenters. The minimum Gasteiger partial charge on any atom is -0.465 e. The van der Waals surface area contributed by atoms with E-state index >= 15 is 0 Å². The standard InChI is InChI=1S/C27H45ClN4O5/c1-18(2)14-22(23(33)16-30-27(3,4)5)31-25(34)32-12-7-9-20(17-32)24(37-13-11-29-26(35)36)19-8-6-10-21(28)15-19/h6,8,10,15,18,20,22-24,29-30,33H,7,9,11-14,16-17H2,1-5H3,(H,31,34)(H,35,36)/t20-,22+,23+,24?/m1/s1. The lowest BCUT2D eigenvalue weighted by Gasteiger charge is -2.38. The van der Waals surface area contributed by atoms with Crippen LogP contribution in [-0.4, -0.2) is 77.7 Å². The maximum absolute atomic E-state index is 13.3. The number of urea groups is 1. The van der Waals surface area contributed by atoms with Gasteiger partial charge in [-0.15, -0.1) is 0 Å². The van der Waals surface area contributed by atoms with Crippen molar-refractivity contribution in [2.24, 2.45) is 11.8 Å². The van der Waals surface area contributed by atoms with Gasteiger partial charge in [-0.3, -0.25) is 0 Å². The number of aliphatic hydroxyl groups excluding tert-OH is 1. The lowest BCUT2D eigenvalue weighted by Crippen LogP contribution is -2.55. The summed E-state index contributed by atoms with van der Waals surface area (Å²) in [5.41, 5.74) is 0.763. The fourth-order valence-corrected chi connectivity index (χ4v) is 4.80. The molecule has 0 spiro atoms. The number of piperidine rings is 1. The normalized spacial score (nSPS) is 18.8. The van der Waals surface area contributed by atoms with Crippen molar-refractivity contribution >= 4 is 23.7 Å². The molecule has 1 saturated heterocycles. The molecule has 0 aliphatic carbocycles. The number of likely N-dealkylation sites (tertiary alicyclic amines) is 1. The third-order valence-corrected chi connectivity index (χ3v) is 6.60. The molecule has 0 radical (unpaired) electrons. The van der Waals surface area contributed by atoms with Gasteiger partial charge in [-0.05, 0) is 63.6 Å². The number of β-amino-alcohol motifs (C(OH)–C–C–N with tert-alkyl or cyclic N) is 1. The first-order valence-corrected chi connectivity index (χ1v) is 13.6. The van der Waals surface area contributed by atoms with Gasteiger partial charge < -0.3 is 35.8 Å². The summed E-state index contributed by atoms with van der Waals surface area (Å²) >= 11 is 6.24. The van der Waals surface area contributed by atoms with E-state index in [9.17, 15) is 14.7 Å². The summed E-state index contributed by atoms with van der Waals surface area (Å²) in [6.07, 6.45) is 0.198. The van der Waals surface area contributed by atoms with Crippen LogP contribution in [0.1, 0.15) is 65.5 Å². The molecular weight excluding hydrogens is 496 g/mol. The summed E-state index contributed by atoms with van der Waals surface area (Å²) in [7, 11) is 0. The SMILES string of the molecule is CC(C)C[C@H](NC(=O)N1CCC[C@@H](C(OCCNC(=O)O)c2cccc(Cl)c2)C1)[C@@H](O)CNC(C)(C)C. The summed E-state index contributed by atoms with van der Waals surface area (Å²) in [6.45, 7) is 12.1. The minimum absolute atomic E-state index is 0.0128. The van der Waals surface area contributed by atoms with Crippen LogP contribution in [0.5, 0.6) is 0 Å². The molecule has 1 unspecified atom stereocenters. The van der Waals surface area contributed by atoms with Crippen LogP contribution < -0.4 is 16.0 Å². The van der Waals surface area contributed by atoms with Gasteiger partial charge in [-0.25, -0.2) is 9.59 Å². The van der Waals surface area contributed by atoms with Gasteiger partial charge in [0.05, 0.1) is 24.9 Å². The second-order valence-electron chi connectivity index (χ2n) is 11.3. The van der Waals surface area contributed by atoms with E-state index in [0.29, 0.717) is 37.0 Å². The Balaban J connectivity index is 2.10. The van der Waals surface area contributed by atoms with Gasteiger partial charge in [0.15, 0.2) is 0 Å². The third-order valence-electron chi connectivity index (χ3n) is 6.37. The van der Waals surface area contributed by atoms with Crippen LogP contribution in [0.2, 0.25) is 5.02 Å². The van der Waals surface area contributed by atoms with Crippen molar-refractivity contribution in [3.63, 3.8) is 0 Å². The first-order chi connectivity index (χ1) is 17.4. The number of amides is 3. The number of aliphatic hydroxyl groups is 1. The van der Waals surface area contributed by atoms with Crippen molar-refractivity contribution in [3.8, 4) is 0 Å². The van der Waals surface area contributed by atoms with Gasteiger partial charge in [-0.1, -0.05) is 37.6 Å². The molecule has 1 aliphatic heterocycles. The topological polar surface area (TPSA) is 123 Å². The highest BCUT2D eigenvalue weighted by molar-refractivity contribution is 6.30. The average molecular weight is 541 g/mol. The van der Waals surface area contributed by atoms with E-state index in [2.05, 4.69) is 29.8 Å². The zero-order chi connectivity index (χ0) is 27.6. The fraction of sp³-hybridized carbons (Fsp3) is 0.704.